The quantitative estimate of drug-likeness (QED) is 0.201. The molecule has 0 aliphatic carbocycles. The number of carbonyl (C=O) groups is 1. The van der Waals surface area contributed by atoms with E-state index in [0.717, 1.165) is 19.3 Å². The van der Waals surface area contributed by atoms with Crippen molar-refractivity contribution in [1.29, 1.82) is 0 Å². The third-order valence-electron chi connectivity index (χ3n) is 5.99. The highest BCUT2D eigenvalue weighted by Crippen LogP contribution is 2.23. The Hall–Kier alpha value is -0.530. The van der Waals surface area contributed by atoms with E-state index in [0.29, 0.717) is 5.92 Å². The molecule has 0 fully saturated rings. The molecule has 0 saturated heterocycles. The number of carboxylic acid groups (broad SMARTS) is 1. The lowest BCUT2D eigenvalue weighted by Crippen LogP contribution is -2.17. The highest BCUT2D eigenvalue weighted by atomic mass is 16.4. The SMILES string of the molecule is CCCCCCCCCCCCCCC(CC(C)CCCCCC)C(=O)O. The summed E-state index contributed by atoms with van der Waals surface area (Å²) in [6.45, 7) is 6.75. The summed E-state index contributed by atoms with van der Waals surface area (Å²) in [6, 6.07) is 0. The van der Waals surface area contributed by atoms with E-state index in [1.807, 2.05) is 0 Å². The zero-order valence-corrected chi connectivity index (χ0v) is 18.9. The zero-order valence-electron chi connectivity index (χ0n) is 18.9. The van der Waals surface area contributed by atoms with Crippen LogP contribution in [0.4, 0.5) is 0 Å². The Bertz CT molecular complexity index is 313. The van der Waals surface area contributed by atoms with E-state index < -0.39 is 5.97 Å². The Kier molecular flexibility index (Phi) is 19.8. The molecule has 0 radical (unpaired) electrons. The predicted octanol–water partition coefficient (Wildman–Crippen LogP) is 8.78. The molecule has 27 heavy (non-hydrogen) atoms. The average molecular weight is 383 g/mol. The summed E-state index contributed by atoms with van der Waals surface area (Å²) in [7, 11) is 0. The average Bonchev–Trinajstić information content (AvgIpc) is 2.65. The van der Waals surface area contributed by atoms with Gasteiger partial charge in [-0.3, -0.25) is 4.79 Å². The summed E-state index contributed by atoms with van der Waals surface area (Å²) in [5.74, 6) is -0.131. The van der Waals surface area contributed by atoms with Crippen LogP contribution in [0.25, 0.3) is 0 Å². The van der Waals surface area contributed by atoms with Gasteiger partial charge in [0.15, 0.2) is 0 Å². The van der Waals surface area contributed by atoms with Gasteiger partial charge < -0.3 is 5.11 Å². The Morgan fingerprint density at radius 3 is 1.44 bits per heavy atom. The maximum Gasteiger partial charge on any atom is 0.306 e. The Labute approximate surface area is 170 Å². The van der Waals surface area contributed by atoms with Crippen molar-refractivity contribution in [2.75, 3.05) is 0 Å². The summed E-state index contributed by atoms with van der Waals surface area (Å²) < 4.78 is 0. The first kappa shape index (κ1) is 26.5. The molecule has 0 bridgehead atoms. The zero-order chi connectivity index (χ0) is 20.2. The van der Waals surface area contributed by atoms with Crippen molar-refractivity contribution in [2.45, 2.75) is 143 Å². The number of rotatable bonds is 21. The minimum absolute atomic E-state index is 0.116. The summed E-state index contributed by atoms with van der Waals surface area (Å²) in [4.78, 5) is 11.5. The molecule has 2 atom stereocenters. The van der Waals surface area contributed by atoms with E-state index in [2.05, 4.69) is 20.8 Å². The van der Waals surface area contributed by atoms with Gasteiger partial charge in [-0.25, -0.2) is 0 Å². The minimum atomic E-state index is -0.571. The van der Waals surface area contributed by atoms with Crippen molar-refractivity contribution in [2.24, 2.45) is 11.8 Å². The van der Waals surface area contributed by atoms with E-state index >= 15 is 0 Å². The maximum atomic E-state index is 11.5. The van der Waals surface area contributed by atoms with Crippen LogP contribution in [0.15, 0.2) is 0 Å². The van der Waals surface area contributed by atoms with E-state index in [1.54, 1.807) is 0 Å². The Morgan fingerprint density at radius 1 is 0.630 bits per heavy atom. The molecule has 0 amide bonds. The summed E-state index contributed by atoms with van der Waals surface area (Å²) in [5.41, 5.74) is 0. The lowest BCUT2D eigenvalue weighted by Gasteiger charge is -2.17. The molecule has 2 unspecified atom stereocenters. The maximum absolute atomic E-state index is 11.5. The molecule has 2 nitrogen and oxygen atoms in total. The van der Waals surface area contributed by atoms with Crippen molar-refractivity contribution in [3.63, 3.8) is 0 Å². The molecule has 0 aliphatic rings. The van der Waals surface area contributed by atoms with Gasteiger partial charge in [-0.05, 0) is 18.8 Å². The molecule has 162 valence electrons. The van der Waals surface area contributed by atoms with Gasteiger partial charge in [0.25, 0.3) is 0 Å². The van der Waals surface area contributed by atoms with Crippen LogP contribution in [0.2, 0.25) is 0 Å². The van der Waals surface area contributed by atoms with Gasteiger partial charge in [0, 0.05) is 0 Å². The minimum Gasteiger partial charge on any atom is -0.481 e. The van der Waals surface area contributed by atoms with Gasteiger partial charge >= 0.3 is 5.97 Å². The monoisotopic (exact) mass is 382 g/mol. The molecule has 0 aromatic rings. The molecule has 1 N–H and O–H groups in total. The Morgan fingerprint density at radius 2 is 1.00 bits per heavy atom. The summed E-state index contributed by atoms with van der Waals surface area (Å²) in [6.07, 6.45) is 24.2. The topological polar surface area (TPSA) is 37.3 Å². The highest BCUT2D eigenvalue weighted by Gasteiger charge is 2.19. The first-order valence-electron chi connectivity index (χ1n) is 12.3. The van der Waals surface area contributed by atoms with Gasteiger partial charge in [-0.15, -0.1) is 0 Å². The number of hydrogen-bond acceptors (Lipinski definition) is 1. The Balaban J connectivity index is 3.58. The largest absolute Gasteiger partial charge is 0.481 e. The van der Waals surface area contributed by atoms with Gasteiger partial charge in [-0.1, -0.05) is 130 Å². The van der Waals surface area contributed by atoms with Crippen LogP contribution in [0.5, 0.6) is 0 Å². The molecule has 0 aromatic heterocycles. The van der Waals surface area contributed by atoms with Crippen LogP contribution >= 0.6 is 0 Å². The second-order valence-electron chi connectivity index (χ2n) is 8.90. The first-order chi connectivity index (χ1) is 13.1. The summed E-state index contributed by atoms with van der Waals surface area (Å²) >= 11 is 0. The number of carboxylic acids is 1. The summed E-state index contributed by atoms with van der Waals surface area (Å²) in [5, 5.41) is 9.51. The fourth-order valence-electron chi connectivity index (χ4n) is 4.10. The molecular weight excluding hydrogens is 332 g/mol. The number of unbranched alkanes of at least 4 members (excludes halogenated alkanes) is 14. The predicted molar refractivity (Wildman–Crippen MR) is 119 cm³/mol. The smallest absolute Gasteiger partial charge is 0.306 e. The van der Waals surface area contributed by atoms with E-state index in [-0.39, 0.29) is 5.92 Å². The molecule has 0 saturated carbocycles. The third-order valence-corrected chi connectivity index (χ3v) is 5.99. The number of hydrogen-bond donors (Lipinski definition) is 1. The van der Waals surface area contributed by atoms with Crippen LogP contribution in [-0.2, 0) is 4.79 Å². The van der Waals surface area contributed by atoms with E-state index in [1.165, 1.54) is 103 Å². The normalized spacial score (nSPS) is 13.6. The molecule has 0 spiro atoms. The second kappa shape index (κ2) is 20.2. The van der Waals surface area contributed by atoms with E-state index in [4.69, 9.17) is 0 Å². The highest BCUT2D eigenvalue weighted by molar-refractivity contribution is 5.69. The lowest BCUT2D eigenvalue weighted by molar-refractivity contribution is -0.142. The van der Waals surface area contributed by atoms with Crippen molar-refractivity contribution in [3.05, 3.63) is 0 Å². The van der Waals surface area contributed by atoms with Crippen LogP contribution < -0.4 is 0 Å². The fraction of sp³-hybridized carbons (Fsp3) is 0.960. The van der Waals surface area contributed by atoms with Crippen LogP contribution in [0, 0.1) is 11.8 Å². The molecule has 0 rings (SSSR count). The molecule has 2 heteroatoms. The second-order valence-corrected chi connectivity index (χ2v) is 8.90. The van der Waals surface area contributed by atoms with Gasteiger partial charge in [-0.2, -0.15) is 0 Å². The molecule has 0 aliphatic heterocycles. The molecular formula is C25H50O2. The lowest BCUT2D eigenvalue weighted by atomic mass is 9.88. The van der Waals surface area contributed by atoms with Crippen LogP contribution in [0.3, 0.4) is 0 Å². The van der Waals surface area contributed by atoms with E-state index in [9.17, 15) is 9.90 Å². The third kappa shape index (κ3) is 18.6. The van der Waals surface area contributed by atoms with Crippen molar-refractivity contribution >= 4 is 5.97 Å². The van der Waals surface area contributed by atoms with Crippen molar-refractivity contribution in [1.82, 2.24) is 0 Å². The van der Waals surface area contributed by atoms with Gasteiger partial charge in [0.05, 0.1) is 5.92 Å². The van der Waals surface area contributed by atoms with Crippen LogP contribution in [0.1, 0.15) is 143 Å². The fourth-order valence-corrected chi connectivity index (χ4v) is 4.10. The number of aliphatic carboxylic acids is 1. The van der Waals surface area contributed by atoms with Gasteiger partial charge in [0.2, 0.25) is 0 Å². The van der Waals surface area contributed by atoms with Crippen molar-refractivity contribution in [3.8, 4) is 0 Å². The molecule has 0 heterocycles. The van der Waals surface area contributed by atoms with Crippen molar-refractivity contribution < 1.29 is 9.90 Å². The first-order valence-corrected chi connectivity index (χ1v) is 12.3. The van der Waals surface area contributed by atoms with Gasteiger partial charge in [0.1, 0.15) is 0 Å². The van der Waals surface area contributed by atoms with Crippen LogP contribution in [-0.4, -0.2) is 11.1 Å². The standard InChI is InChI=1S/C25H50O2/c1-4-6-8-10-11-12-13-14-15-16-17-19-21-24(25(26)27)22-23(3)20-18-9-7-5-2/h23-24H,4-22H2,1-3H3,(H,26,27). The molecule has 0 aromatic carbocycles.